The molecule has 0 fully saturated rings. The van der Waals surface area contributed by atoms with Gasteiger partial charge in [-0.1, -0.05) is 22.0 Å². The van der Waals surface area contributed by atoms with Crippen LogP contribution in [0.25, 0.3) is 0 Å². The fourth-order valence-corrected chi connectivity index (χ4v) is 1.83. The zero-order valence-electron chi connectivity index (χ0n) is 8.76. The Balaban J connectivity index is 2.38. The quantitative estimate of drug-likeness (QED) is 0.789. The van der Waals surface area contributed by atoms with Crippen molar-refractivity contribution < 1.29 is 9.53 Å². The SMILES string of the molecule is CC(C)(C)OC(=O)NC1CCC=C1Br. The molecule has 1 aliphatic carbocycles. The molecule has 0 spiro atoms. The lowest BCUT2D eigenvalue weighted by atomic mass is 10.2. The van der Waals surface area contributed by atoms with Crippen molar-refractivity contribution in [2.24, 2.45) is 0 Å². The van der Waals surface area contributed by atoms with E-state index in [1.54, 1.807) is 0 Å². The van der Waals surface area contributed by atoms with Gasteiger partial charge in [-0.3, -0.25) is 0 Å². The standard InChI is InChI=1S/C10H16BrNO2/c1-10(2,3)14-9(13)12-8-6-4-5-7(8)11/h5,8H,4,6H2,1-3H3,(H,12,13). The third-order valence-electron chi connectivity index (χ3n) is 1.82. The Bertz CT molecular complexity index is 255. The molecule has 1 aliphatic rings. The Morgan fingerprint density at radius 2 is 2.29 bits per heavy atom. The third-order valence-corrected chi connectivity index (χ3v) is 2.69. The molecule has 0 aromatic heterocycles. The van der Waals surface area contributed by atoms with E-state index < -0.39 is 5.60 Å². The Morgan fingerprint density at radius 1 is 1.64 bits per heavy atom. The van der Waals surface area contributed by atoms with Crippen LogP contribution in [0.5, 0.6) is 0 Å². The molecule has 1 N–H and O–H groups in total. The predicted octanol–water partition coefficient (Wildman–Crippen LogP) is 2.95. The van der Waals surface area contributed by atoms with E-state index >= 15 is 0 Å². The zero-order chi connectivity index (χ0) is 10.8. The van der Waals surface area contributed by atoms with Crippen LogP contribution in [0.3, 0.4) is 0 Å². The molecule has 1 atom stereocenters. The molecular weight excluding hydrogens is 246 g/mol. The lowest BCUT2D eigenvalue weighted by molar-refractivity contribution is 0.0514. The van der Waals surface area contributed by atoms with Gasteiger partial charge in [-0.05, 0) is 33.6 Å². The van der Waals surface area contributed by atoms with Gasteiger partial charge in [-0.15, -0.1) is 0 Å². The Labute approximate surface area is 93.0 Å². The zero-order valence-corrected chi connectivity index (χ0v) is 10.3. The molecule has 1 unspecified atom stereocenters. The highest BCUT2D eigenvalue weighted by atomic mass is 79.9. The Hall–Kier alpha value is -0.510. The van der Waals surface area contributed by atoms with Gasteiger partial charge in [-0.25, -0.2) is 4.79 Å². The minimum absolute atomic E-state index is 0.0878. The smallest absolute Gasteiger partial charge is 0.408 e. The molecule has 0 bridgehead atoms. The van der Waals surface area contributed by atoms with E-state index in [4.69, 9.17) is 4.74 Å². The first-order valence-electron chi connectivity index (χ1n) is 4.73. The number of nitrogens with one attached hydrogen (secondary N) is 1. The van der Waals surface area contributed by atoms with Gasteiger partial charge in [0.15, 0.2) is 0 Å². The van der Waals surface area contributed by atoms with E-state index in [1.165, 1.54) is 0 Å². The van der Waals surface area contributed by atoms with Gasteiger partial charge in [0, 0.05) is 4.48 Å². The fourth-order valence-electron chi connectivity index (χ4n) is 1.26. The second-order valence-electron chi connectivity index (χ2n) is 4.37. The molecule has 0 aromatic rings. The van der Waals surface area contributed by atoms with Crippen molar-refractivity contribution in [3.05, 3.63) is 10.6 Å². The lowest BCUT2D eigenvalue weighted by Crippen LogP contribution is -2.38. The molecule has 0 saturated carbocycles. The molecular formula is C10H16BrNO2. The van der Waals surface area contributed by atoms with Crippen LogP contribution in [0.2, 0.25) is 0 Å². The number of amides is 1. The van der Waals surface area contributed by atoms with Gasteiger partial charge >= 0.3 is 6.09 Å². The van der Waals surface area contributed by atoms with Gasteiger partial charge in [0.05, 0.1) is 6.04 Å². The average Bonchev–Trinajstić information content (AvgIpc) is 2.32. The summed E-state index contributed by atoms with van der Waals surface area (Å²) in [5, 5.41) is 2.81. The van der Waals surface area contributed by atoms with Crippen molar-refractivity contribution in [3.63, 3.8) is 0 Å². The normalized spacial score (nSPS) is 21.7. The van der Waals surface area contributed by atoms with Gasteiger partial charge in [-0.2, -0.15) is 0 Å². The van der Waals surface area contributed by atoms with E-state index in [2.05, 4.69) is 27.3 Å². The van der Waals surface area contributed by atoms with Crippen LogP contribution < -0.4 is 5.32 Å². The fraction of sp³-hybridized carbons (Fsp3) is 0.700. The van der Waals surface area contributed by atoms with Crippen LogP contribution in [0.1, 0.15) is 33.6 Å². The van der Waals surface area contributed by atoms with Crippen molar-refractivity contribution in [2.45, 2.75) is 45.3 Å². The van der Waals surface area contributed by atoms with E-state index in [-0.39, 0.29) is 12.1 Å². The van der Waals surface area contributed by atoms with E-state index in [0.29, 0.717) is 0 Å². The maximum Gasteiger partial charge on any atom is 0.408 e. The first kappa shape index (κ1) is 11.6. The van der Waals surface area contributed by atoms with E-state index in [9.17, 15) is 4.79 Å². The van der Waals surface area contributed by atoms with Crippen molar-refractivity contribution in [1.82, 2.24) is 5.32 Å². The Kier molecular flexibility index (Phi) is 3.59. The first-order chi connectivity index (χ1) is 6.38. The molecule has 0 radical (unpaired) electrons. The van der Waals surface area contributed by atoms with Crippen molar-refractivity contribution in [3.8, 4) is 0 Å². The first-order valence-corrected chi connectivity index (χ1v) is 5.53. The van der Waals surface area contributed by atoms with Gasteiger partial charge in [0.2, 0.25) is 0 Å². The predicted molar refractivity (Wildman–Crippen MR) is 59.4 cm³/mol. The number of allylic oxidation sites excluding steroid dienone is 1. The number of alkyl carbamates (subject to hydrolysis) is 1. The highest BCUT2D eigenvalue weighted by molar-refractivity contribution is 9.11. The van der Waals surface area contributed by atoms with Crippen LogP contribution in [0.4, 0.5) is 4.79 Å². The summed E-state index contributed by atoms with van der Waals surface area (Å²) < 4.78 is 6.19. The number of carbonyl (C=O) groups excluding carboxylic acids is 1. The summed E-state index contributed by atoms with van der Waals surface area (Å²) in [6.07, 6.45) is 3.66. The third kappa shape index (κ3) is 3.70. The molecule has 0 heterocycles. The molecule has 0 aromatic carbocycles. The van der Waals surface area contributed by atoms with E-state index in [1.807, 2.05) is 20.8 Å². The van der Waals surface area contributed by atoms with Crippen molar-refractivity contribution in [2.75, 3.05) is 0 Å². The summed E-state index contributed by atoms with van der Waals surface area (Å²) in [6.45, 7) is 5.56. The number of halogens is 1. The Morgan fingerprint density at radius 3 is 2.71 bits per heavy atom. The second-order valence-corrected chi connectivity index (χ2v) is 5.28. The average molecular weight is 262 g/mol. The molecule has 4 heteroatoms. The molecule has 14 heavy (non-hydrogen) atoms. The molecule has 1 rings (SSSR count). The largest absolute Gasteiger partial charge is 0.444 e. The number of hydrogen-bond donors (Lipinski definition) is 1. The highest BCUT2D eigenvalue weighted by Gasteiger charge is 2.22. The van der Waals surface area contributed by atoms with Crippen LogP contribution in [-0.4, -0.2) is 17.7 Å². The molecule has 3 nitrogen and oxygen atoms in total. The summed E-state index contributed by atoms with van der Waals surface area (Å²) in [7, 11) is 0. The highest BCUT2D eigenvalue weighted by Crippen LogP contribution is 2.24. The summed E-state index contributed by atoms with van der Waals surface area (Å²) in [6, 6.07) is 0.0878. The molecule has 1 amide bonds. The number of ether oxygens (including phenoxy) is 1. The monoisotopic (exact) mass is 261 g/mol. The van der Waals surface area contributed by atoms with Crippen LogP contribution in [0.15, 0.2) is 10.6 Å². The summed E-state index contributed by atoms with van der Waals surface area (Å²) in [5.41, 5.74) is -0.432. The summed E-state index contributed by atoms with van der Waals surface area (Å²) in [5.74, 6) is 0. The number of hydrogen-bond acceptors (Lipinski definition) is 2. The van der Waals surface area contributed by atoms with Crippen LogP contribution >= 0.6 is 15.9 Å². The maximum atomic E-state index is 11.4. The minimum atomic E-state index is -0.432. The summed E-state index contributed by atoms with van der Waals surface area (Å²) >= 11 is 3.40. The number of rotatable bonds is 1. The van der Waals surface area contributed by atoms with Crippen molar-refractivity contribution >= 4 is 22.0 Å². The van der Waals surface area contributed by atoms with Gasteiger partial charge < -0.3 is 10.1 Å². The maximum absolute atomic E-state index is 11.4. The molecule has 80 valence electrons. The minimum Gasteiger partial charge on any atom is -0.444 e. The van der Waals surface area contributed by atoms with Crippen LogP contribution in [-0.2, 0) is 4.74 Å². The van der Waals surface area contributed by atoms with Crippen LogP contribution in [0, 0.1) is 0 Å². The lowest BCUT2D eigenvalue weighted by Gasteiger charge is -2.21. The van der Waals surface area contributed by atoms with Gasteiger partial charge in [0.1, 0.15) is 5.60 Å². The van der Waals surface area contributed by atoms with Gasteiger partial charge in [0.25, 0.3) is 0 Å². The number of carbonyl (C=O) groups is 1. The molecule has 0 aliphatic heterocycles. The topological polar surface area (TPSA) is 38.3 Å². The summed E-state index contributed by atoms with van der Waals surface area (Å²) in [4.78, 5) is 11.4. The van der Waals surface area contributed by atoms with Crippen molar-refractivity contribution in [1.29, 1.82) is 0 Å². The molecule has 0 saturated heterocycles. The second kappa shape index (κ2) is 4.34. The van der Waals surface area contributed by atoms with E-state index in [0.717, 1.165) is 17.3 Å².